The van der Waals surface area contributed by atoms with E-state index in [1.165, 1.54) is 11.3 Å². The van der Waals surface area contributed by atoms with Gasteiger partial charge in [-0.05, 0) is 19.3 Å². The number of piperidine rings is 1. The van der Waals surface area contributed by atoms with Gasteiger partial charge in [0.05, 0.1) is 0 Å². The largest absolute Gasteiger partial charge is 0.362 e. The molecule has 1 unspecified atom stereocenters. The van der Waals surface area contributed by atoms with Crippen LogP contribution in [0.25, 0.3) is 0 Å². The van der Waals surface area contributed by atoms with Crippen molar-refractivity contribution in [3.05, 3.63) is 15.5 Å². The maximum absolute atomic E-state index is 8.73. The number of hydrogen-bond acceptors (Lipinski definition) is 4. The summed E-state index contributed by atoms with van der Waals surface area (Å²) in [7, 11) is 1.99. The van der Waals surface area contributed by atoms with Crippen LogP contribution in [0.4, 0.5) is 0 Å². The van der Waals surface area contributed by atoms with Gasteiger partial charge in [-0.25, -0.2) is 4.98 Å². The quantitative estimate of drug-likeness (QED) is 0.775. The van der Waals surface area contributed by atoms with E-state index in [-0.39, 0.29) is 0 Å². The number of aliphatic imine (C=N–C) groups is 1. The molecule has 1 aromatic heterocycles. The molecule has 6 heteroatoms. The van der Waals surface area contributed by atoms with E-state index in [9.17, 15) is 0 Å². The zero-order valence-corrected chi connectivity index (χ0v) is 11.1. The molecular formula is C11H13ClN4S. The minimum absolute atomic E-state index is 0.310. The molecule has 1 aliphatic rings. The van der Waals surface area contributed by atoms with Crippen LogP contribution in [0.15, 0.2) is 11.2 Å². The average molecular weight is 269 g/mol. The van der Waals surface area contributed by atoms with Crippen molar-refractivity contribution in [2.45, 2.75) is 19.3 Å². The zero-order valence-electron chi connectivity index (χ0n) is 9.56. The molecule has 1 aromatic rings. The SMILES string of the molecule is CN1CCCC(Cc2cnc(Cl)s2)C1=NC#N. The first-order valence-corrected chi connectivity index (χ1v) is 6.68. The van der Waals surface area contributed by atoms with Gasteiger partial charge in [-0.1, -0.05) is 11.6 Å². The Bertz CT molecular complexity index is 462. The molecule has 0 aliphatic carbocycles. The van der Waals surface area contributed by atoms with Crippen LogP contribution >= 0.6 is 22.9 Å². The molecule has 0 amide bonds. The summed E-state index contributed by atoms with van der Waals surface area (Å²) in [5, 5.41) is 8.73. The molecule has 0 N–H and O–H groups in total. The van der Waals surface area contributed by atoms with Crippen LogP contribution in [0.3, 0.4) is 0 Å². The second kappa shape index (κ2) is 5.48. The highest BCUT2D eigenvalue weighted by molar-refractivity contribution is 7.15. The van der Waals surface area contributed by atoms with E-state index in [2.05, 4.69) is 14.9 Å². The number of nitrogens with zero attached hydrogens (tertiary/aromatic N) is 4. The van der Waals surface area contributed by atoms with Crippen molar-refractivity contribution in [1.29, 1.82) is 5.26 Å². The van der Waals surface area contributed by atoms with E-state index in [0.717, 1.165) is 36.5 Å². The van der Waals surface area contributed by atoms with Crippen molar-refractivity contribution in [1.82, 2.24) is 9.88 Å². The van der Waals surface area contributed by atoms with Crippen molar-refractivity contribution < 1.29 is 0 Å². The van der Waals surface area contributed by atoms with Gasteiger partial charge in [-0.15, -0.1) is 11.3 Å². The van der Waals surface area contributed by atoms with Crippen molar-refractivity contribution in [3.63, 3.8) is 0 Å². The minimum atomic E-state index is 0.310. The van der Waals surface area contributed by atoms with Crippen molar-refractivity contribution in [2.24, 2.45) is 10.9 Å². The van der Waals surface area contributed by atoms with Crippen LogP contribution in [0.1, 0.15) is 17.7 Å². The summed E-state index contributed by atoms with van der Waals surface area (Å²) in [5.74, 6) is 1.20. The molecule has 1 aliphatic heterocycles. The molecule has 17 heavy (non-hydrogen) atoms. The van der Waals surface area contributed by atoms with Gasteiger partial charge >= 0.3 is 0 Å². The Morgan fingerprint density at radius 1 is 1.76 bits per heavy atom. The first-order chi connectivity index (χ1) is 8.20. The van der Waals surface area contributed by atoms with Gasteiger partial charge in [0.1, 0.15) is 5.84 Å². The van der Waals surface area contributed by atoms with E-state index in [1.807, 2.05) is 19.4 Å². The van der Waals surface area contributed by atoms with Crippen LogP contribution in [0.5, 0.6) is 0 Å². The van der Waals surface area contributed by atoms with Crippen LogP contribution in [-0.4, -0.2) is 29.3 Å². The zero-order chi connectivity index (χ0) is 12.3. The number of nitriles is 1. The lowest BCUT2D eigenvalue weighted by atomic mass is 9.93. The maximum Gasteiger partial charge on any atom is 0.207 e. The molecule has 2 heterocycles. The van der Waals surface area contributed by atoms with Crippen LogP contribution in [-0.2, 0) is 6.42 Å². The maximum atomic E-state index is 8.73. The average Bonchev–Trinajstić information content (AvgIpc) is 2.69. The summed E-state index contributed by atoms with van der Waals surface area (Å²) in [6.07, 6.45) is 6.79. The number of thiazole rings is 1. The molecule has 2 rings (SSSR count). The Hall–Kier alpha value is -1.12. The smallest absolute Gasteiger partial charge is 0.207 e. The Kier molecular flexibility index (Phi) is 3.97. The standard InChI is InChI=1S/C11H13ClN4S/c1-16-4-2-3-8(10(16)15-7-13)5-9-6-14-11(12)17-9/h6,8H,2-5H2,1H3. The highest BCUT2D eigenvalue weighted by Crippen LogP contribution is 2.26. The molecule has 0 saturated carbocycles. The molecule has 1 atom stereocenters. The van der Waals surface area contributed by atoms with E-state index in [4.69, 9.17) is 16.9 Å². The Labute approximate surface area is 110 Å². The van der Waals surface area contributed by atoms with Gasteiger partial charge in [-0.2, -0.15) is 10.3 Å². The topological polar surface area (TPSA) is 52.3 Å². The predicted octanol–water partition coefficient (Wildman–Crippen LogP) is 2.56. The Morgan fingerprint density at radius 2 is 2.59 bits per heavy atom. The molecule has 0 aromatic carbocycles. The van der Waals surface area contributed by atoms with Gasteiger partial charge < -0.3 is 4.90 Å². The monoisotopic (exact) mass is 268 g/mol. The molecular weight excluding hydrogens is 256 g/mol. The molecule has 0 bridgehead atoms. The highest BCUT2D eigenvalue weighted by atomic mass is 35.5. The third kappa shape index (κ3) is 2.96. The summed E-state index contributed by atoms with van der Waals surface area (Å²) < 4.78 is 0.572. The molecule has 90 valence electrons. The third-order valence-corrected chi connectivity index (χ3v) is 4.08. The molecule has 1 fully saturated rings. The van der Waals surface area contributed by atoms with Crippen LogP contribution < -0.4 is 0 Å². The van der Waals surface area contributed by atoms with Gasteiger partial charge in [0, 0.05) is 30.6 Å². The molecule has 4 nitrogen and oxygen atoms in total. The van der Waals surface area contributed by atoms with Crippen LogP contribution in [0.2, 0.25) is 4.47 Å². The number of amidine groups is 1. The van der Waals surface area contributed by atoms with Gasteiger partial charge in [0.25, 0.3) is 0 Å². The number of rotatable bonds is 2. The van der Waals surface area contributed by atoms with E-state index < -0.39 is 0 Å². The first kappa shape index (κ1) is 12.3. The molecule has 0 spiro atoms. The third-order valence-electron chi connectivity index (χ3n) is 2.94. The van der Waals surface area contributed by atoms with Crippen molar-refractivity contribution >= 4 is 28.8 Å². The number of aromatic nitrogens is 1. The summed E-state index contributed by atoms with van der Waals surface area (Å²) in [4.78, 5) is 11.2. The minimum Gasteiger partial charge on any atom is -0.362 e. The van der Waals surface area contributed by atoms with Gasteiger partial charge in [0.15, 0.2) is 4.47 Å². The Morgan fingerprint density at radius 3 is 3.24 bits per heavy atom. The molecule has 1 saturated heterocycles. The number of halogens is 1. The lowest BCUT2D eigenvalue weighted by molar-refractivity contribution is 0.376. The van der Waals surface area contributed by atoms with E-state index >= 15 is 0 Å². The number of hydrogen-bond donors (Lipinski definition) is 0. The lowest BCUT2D eigenvalue weighted by Gasteiger charge is -2.32. The normalized spacial score (nSPS) is 22.8. The predicted molar refractivity (Wildman–Crippen MR) is 69.2 cm³/mol. The van der Waals surface area contributed by atoms with E-state index in [0.29, 0.717) is 10.4 Å². The summed E-state index contributed by atoms with van der Waals surface area (Å²) in [5.41, 5.74) is 0. The number of likely N-dealkylation sites (tertiary alicyclic amines) is 1. The second-order valence-electron chi connectivity index (χ2n) is 4.11. The Balaban J connectivity index is 2.13. The fraction of sp³-hybridized carbons (Fsp3) is 0.545. The van der Waals surface area contributed by atoms with Crippen molar-refractivity contribution in [3.8, 4) is 6.19 Å². The fourth-order valence-corrected chi connectivity index (χ4v) is 3.23. The second-order valence-corrected chi connectivity index (χ2v) is 5.81. The van der Waals surface area contributed by atoms with Gasteiger partial charge in [-0.3, -0.25) is 0 Å². The van der Waals surface area contributed by atoms with Crippen molar-refractivity contribution in [2.75, 3.05) is 13.6 Å². The van der Waals surface area contributed by atoms with Gasteiger partial charge in [0.2, 0.25) is 6.19 Å². The first-order valence-electron chi connectivity index (χ1n) is 5.48. The highest BCUT2D eigenvalue weighted by Gasteiger charge is 2.25. The summed E-state index contributed by atoms with van der Waals surface area (Å²) in [6, 6.07) is 0. The fourth-order valence-electron chi connectivity index (χ4n) is 2.17. The van der Waals surface area contributed by atoms with Crippen LogP contribution in [0, 0.1) is 17.4 Å². The lowest BCUT2D eigenvalue weighted by Crippen LogP contribution is -2.39. The summed E-state index contributed by atoms with van der Waals surface area (Å²) >= 11 is 7.32. The van der Waals surface area contributed by atoms with E-state index in [1.54, 1.807) is 0 Å². The summed E-state index contributed by atoms with van der Waals surface area (Å²) in [6.45, 7) is 0.973. The molecule has 0 radical (unpaired) electrons.